The van der Waals surface area contributed by atoms with Gasteiger partial charge in [0.2, 0.25) is 5.91 Å². The summed E-state index contributed by atoms with van der Waals surface area (Å²) in [5.74, 6) is -0.376. The Morgan fingerprint density at radius 2 is 1.49 bits per heavy atom. The van der Waals surface area contributed by atoms with E-state index in [1.807, 2.05) is 61.5 Å². The quantitative estimate of drug-likeness (QED) is 0.0952. The number of nitrogens with one attached hydrogen (secondary N) is 3. The molecule has 0 aliphatic rings. The molecule has 0 saturated carbocycles. The largest absolute Gasteiger partial charge is 0.497 e. The molecule has 6 aromatic rings. The van der Waals surface area contributed by atoms with Gasteiger partial charge in [-0.05, 0) is 98.3 Å². The Balaban J connectivity index is 1.12. The molecule has 8 nitrogen and oxygen atoms in total. The third kappa shape index (κ3) is 7.69. The Morgan fingerprint density at radius 1 is 0.776 bits per heavy atom. The second kappa shape index (κ2) is 15.0. The summed E-state index contributed by atoms with van der Waals surface area (Å²) in [6, 6.07) is 37.5. The van der Waals surface area contributed by atoms with E-state index in [4.69, 9.17) is 4.74 Å². The molecule has 246 valence electrons. The van der Waals surface area contributed by atoms with Gasteiger partial charge in [-0.15, -0.1) is 11.8 Å². The van der Waals surface area contributed by atoms with Crippen molar-refractivity contribution in [3.63, 3.8) is 0 Å². The van der Waals surface area contributed by atoms with Crippen molar-refractivity contribution >= 4 is 68.7 Å². The van der Waals surface area contributed by atoms with Crippen LogP contribution < -0.4 is 20.7 Å². The molecule has 3 N–H and O–H groups in total. The number of thioether (sulfide) groups is 1. The molecule has 1 aromatic heterocycles. The minimum absolute atomic E-state index is 0.0725. The highest BCUT2D eigenvalue weighted by Gasteiger charge is 2.18. The fraction of sp³-hybridized carbons (Fsp3) is 0.125. The highest BCUT2D eigenvalue weighted by molar-refractivity contribution is 8.00. The maximum absolute atomic E-state index is 13.5. The SMILES string of the molecule is CCn1c2ccccc2c2cc(NC(=O)C(C)Sc3ccc(NC(=O)/C(=C/c4cccc(OC)c4)NC(=O)c4ccccc4)cc3)ccc21. The van der Waals surface area contributed by atoms with Crippen molar-refractivity contribution in [3.8, 4) is 5.75 Å². The second-order valence-corrected chi connectivity index (χ2v) is 12.8. The molecule has 0 aliphatic carbocycles. The number of hydrogen-bond acceptors (Lipinski definition) is 5. The van der Waals surface area contributed by atoms with Gasteiger partial charge in [0.15, 0.2) is 0 Å². The molecule has 0 aliphatic heterocycles. The van der Waals surface area contributed by atoms with Crippen LogP contribution in [0.5, 0.6) is 5.75 Å². The molecule has 1 unspecified atom stereocenters. The molecule has 6 rings (SSSR count). The standard InChI is InChI=1S/C40H36N4O4S/c1-4-44-36-16-9-8-15-33(36)34-25-30(19-22-37(34)44)42-38(45)26(2)49-32-20-17-29(18-21-32)41-40(47)35(24-27-11-10-14-31(23-27)48-3)43-39(46)28-12-6-5-7-13-28/h5-26H,4H2,1-3H3,(H,41,47)(H,42,45)(H,43,46)/b35-24-. The number of aryl methyl sites for hydroxylation is 1. The molecule has 1 atom stereocenters. The number of hydrogen-bond donors (Lipinski definition) is 3. The summed E-state index contributed by atoms with van der Waals surface area (Å²) in [5, 5.41) is 10.6. The van der Waals surface area contributed by atoms with E-state index in [1.54, 1.807) is 61.7 Å². The summed E-state index contributed by atoms with van der Waals surface area (Å²) in [5.41, 5.74) is 4.78. The van der Waals surface area contributed by atoms with Gasteiger partial charge >= 0.3 is 0 Å². The van der Waals surface area contributed by atoms with Gasteiger partial charge in [-0.1, -0.05) is 48.5 Å². The van der Waals surface area contributed by atoms with Gasteiger partial charge < -0.3 is 25.3 Å². The first kappa shape index (κ1) is 33.1. The Labute approximate surface area is 289 Å². The van der Waals surface area contributed by atoms with Crippen LogP contribution in [-0.2, 0) is 16.1 Å². The topological polar surface area (TPSA) is 101 Å². The zero-order valence-electron chi connectivity index (χ0n) is 27.4. The second-order valence-electron chi connectivity index (χ2n) is 11.4. The lowest BCUT2D eigenvalue weighted by Crippen LogP contribution is -2.30. The zero-order valence-corrected chi connectivity index (χ0v) is 28.2. The molecular weight excluding hydrogens is 633 g/mol. The summed E-state index contributed by atoms with van der Waals surface area (Å²) < 4.78 is 7.59. The number of anilines is 2. The predicted octanol–water partition coefficient (Wildman–Crippen LogP) is 8.35. The highest BCUT2D eigenvalue weighted by Crippen LogP contribution is 2.32. The van der Waals surface area contributed by atoms with Crippen molar-refractivity contribution in [1.29, 1.82) is 0 Å². The van der Waals surface area contributed by atoms with Crippen LogP contribution in [0.2, 0.25) is 0 Å². The number of para-hydroxylation sites is 1. The van der Waals surface area contributed by atoms with E-state index in [1.165, 1.54) is 17.3 Å². The number of benzene rings is 5. The van der Waals surface area contributed by atoms with Crippen molar-refractivity contribution in [1.82, 2.24) is 9.88 Å². The van der Waals surface area contributed by atoms with Gasteiger partial charge in [-0.2, -0.15) is 0 Å². The number of carbonyl (C=O) groups is 3. The van der Waals surface area contributed by atoms with Gasteiger partial charge in [0.25, 0.3) is 11.8 Å². The molecule has 3 amide bonds. The molecule has 0 fully saturated rings. The molecule has 0 saturated heterocycles. The summed E-state index contributed by atoms with van der Waals surface area (Å²) in [6.07, 6.45) is 1.60. The predicted molar refractivity (Wildman–Crippen MR) is 199 cm³/mol. The van der Waals surface area contributed by atoms with E-state index in [0.717, 1.165) is 33.4 Å². The highest BCUT2D eigenvalue weighted by atomic mass is 32.2. The number of aromatic nitrogens is 1. The molecule has 49 heavy (non-hydrogen) atoms. The van der Waals surface area contributed by atoms with Crippen LogP contribution in [-0.4, -0.2) is 34.6 Å². The van der Waals surface area contributed by atoms with E-state index in [-0.39, 0.29) is 16.9 Å². The Hall–Kier alpha value is -5.80. The van der Waals surface area contributed by atoms with Crippen molar-refractivity contribution in [2.45, 2.75) is 30.5 Å². The number of carbonyl (C=O) groups excluding carboxylic acids is 3. The van der Waals surface area contributed by atoms with Crippen LogP contribution in [0.3, 0.4) is 0 Å². The van der Waals surface area contributed by atoms with Crippen LogP contribution in [0.1, 0.15) is 29.8 Å². The van der Waals surface area contributed by atoms with E-state index in [9.17, 15) is 14.4 Å². The normalized spacial score (nSPS) is 12.0. The number of methoxy groups -OCH3 is 1. The van der Waals surface area contributed by atoms with Crippen LogP contribution in [0, 0.1) is 0 Å². The number of nitrogens with zero attached hydrogens (tertiary/aromatic N) is 1. The Morgan fingerprint density at radius 3 is 2.24 bits per heavy atom. The smallest absolute Gasteiger partial charge is 0.272 e. The van der Waals surface area contributed by atoms with Crippen LogP contribution in [0.15, 0.2) is 132 Å². The maximum atomic E-state index is 13.5. The molecule has 0 bridgehead atoms. The summed E-state index contributed by atoms with van der Waals surface area (Å²) >= 11 is 1.42. The molecule has 5 aromatic carbocycles. The minimum atomic E-state index is -0.487. The summed E-state index contributed by atoms with van der Waals surface area (Å²) in [7, 11) is 1.57. The lowest BCUT2D eigenvalue weighted by Gasteiger charge is -2.14. The molecule has 0 radical (unpaired) electrons. The van der Waals surface area contributed by atoms with Crippen LogP contribution in [0.4, 0.5) is 11.4 Å². The van der Waals surface area contributed by atoms with E-state index < -0.39 is 11.8 Å². The van der Waals surface area contributed by atoms with Gasteiger partial charge in [0, 0.05) is 50.2 Å². The first-order valence-electron chi connectivity index (χ1n) is 15.9. The average Bonchev–Trinajstić information content (AvgIpc) is 3.45. The third-order valence-corrected chi connectivity index (χ3v) is 9.20. The van der Waals surface area contributed by atoms with Crippen molar-refractivity contribution in [3.05, 3.63) is 138 Å². The molecule has 1 heterocycles. The molecule has 9 heteroatoms. The lowest BCUT2D eigenvalue weighted by atomic mass is 10.1. The van der Waals surface area contributed by atoms with Gasteiger partial charge in [0.1, 0.15) is 11.4 Å². The van der Waals surface area contributed by atoms with Gasteiger partial charge in [-0.25, -0.2) is 0 Å². The van der Waals surface area contributed by atoms with Gasteiger partial charge in [0.05, 0.1) is 12.4 Å². The van der Waals surface area contributed by atoms with Crippen molar-refractivity contribution in [2.75, 3.05) is 17.7 Å². The fourth-order valence-corrected chi connectivity index (χ4v) is 6.50. The Kier molecular flexibility index (Phi) is 10.1. The zero-order chi connectivity index (χ0) is 34.3. The lowest BCUT2D eigenvalue weighted by molar-refractivity contribution is -0.115. The van der Waals surface area contributed by atoms with Crippen LogP contribution >= 0.6 is 11.8 Å². The number of ether oxygens (including phenoxy) is 1. The van der Waals surface area contributed by atoms with Crippen LogP contribution in [0.25, 0.3) is 27.9 Å². The van der Waals surface area contributed by atoms with Crippen molar-refractivity contribution in [2.24, 2.45) is 0 Å². The first-order chi connectivity index (χ1) is 23.8. The maximum Gasteiger partial charge on any atom is 0.272 e. The fourth-order valence-electron chi connectivity index (χ4n) is 5.63. The Bertz CT molecular complexity index is 2170. The molecular formula is C40H36N4O4S. The number of rotatable bonds is 11. The minimum Gasteiger partial charge on any atom is -0.497 e. The molecule has 0 spiro atoms. The van der Waals surface area contributed by atoms with Gasteiger partial charge in [-0.3, -0.25) is 14.4 Å². The first-order valence-corrected chi connectivity index (χ1v) is 16.8. The van der Waals surface area contributed by atoms with Crippen molar-refractivity contribution < 1.29 is 19.1 Å². The number of fused-ring (bicyclic) bond motifs is 3. The average molecular weight is 669 g/mol. The van der Waals surface area contributed by atoms with E-state index >= 15 is 0 Å². The summed E-state index contributed by atoms with van der Waals surface area (Å²) in [6.45, 7) is 4.85. The monoisotopic (exact) mass is 668 g/mol. The summed E-state index contributed by atoms with van der Waals surface area (Å²) in [4.78, 5) is 40.5. The van der Waals surface area contributed by atoms with E-state index in [0.29, 0.717) is 22.6 Å². The third-order valence-electron chi connectivity index (χ3n) is 8.08. The number of amides is 3. The van der Waals surface area contributed by atoms with E-state index in [2.05, 4.69) is 45.6 Å².